The zero-order valence-corrected chi connectivity index (χ0v) is 16.1. The molecule has 0 radical (unpaired) electrons. The van der Waals surface area contributed by atoms with Gasteiger partial charge >= 0.3 is 6.03 Å². The van der Waals surface area contributed by atoms with Crippen molar-refractivity contribution in [3.8, 4) is 0 Å². The van der Waals surface area contributed by atoms with Gasteiger partial charge in [0.2, 0.25) is 0 Å². The van der Waals surface area contributed by atoms with E-state index in [1.165, 1.54) is 0 Å². The van der Waals surface area contributed by atoms with E-state index in [2.05, 4.69) is 26.3 Å². The molecule has 0 aliphatic carbocycles. The number of carbonyl (C=O) groups excluding carboxylic acids is 1. The van der Waals surface area contributed by atoms with Gasteiger partial charge in [0, 0.05) is 16.6 Å². The molecule has 5 heteroatoms. The van der Waals surface area contributed by atoms with Crippen LogP contribution in [0.5, 0.6) is 0 Å². The van der Waals surface area contributed by atoms with Crippen LogP contribution in [0.2, 0.25) is 0 Å². The van der Waals surface area contributed by atoms with Crippen molar-refractivity contribution in [3.63, 3.8) is 0 Å². The molecular formula is C22H18BrN3O. The number of hydrogen-bond donors (Lipinski definition) is 1. The lowest BCUT2D eigenvalue weighted by molar-refractivity contribution is 0.200. The van der Waals surface area contributed by atoms with Gasteiger partial charge in [-0.3, -0.25) is 0 Å². The third-order valence-corrected chi connectivity index (χ3v) is 5.03. The van der Waals surface area contributed by atoms with E-state index in [0.29, 0.717) is 6.42 Å². The Balaban J connectivity index is 1.65. The van der Waals surface area contributed by atoms with Crippen LogP contribution in [0.1, 0.15) is 23.6 Å². The highest BCUT2D eigenvalue weighted by atomic mass is 79.9. The summed E-state index contributed by atoms with van der Waals surface area (Å²) in [5.74, 6) is 0. The molecule has 0 saturated heterocycles. The third kappa shape index (κ3) is 3.93. The number of benzene rings is 3. The molecule has 0 spiro atoms. The third-order valence-electron chi connectivity index (χ3n) is 4.51. The maximum Gasteiger partial charge on any atom is 0.342 e. The summed E-state index contributed by atoms with van der Waals surface area (Å²) in [4.78, 5) is 12.9. The quantitative estimate of drug-likeness (QED) is 0.569. The second-order valence-corrected chi connectivity index (χ2v) is 7.24. The van der Waals surface area contributed by atoms with Crippen LogP contribution < -0.4 is 5.32 Å². The van der Waals surface area contributed by atoms with Crippen LogP contribution in [-0.4, -0.2) is 16.8 Å². The number of nitrogens with one attached hydrogen (secondary N) is 1. The van der Waals surface area contributed by atoms with Crippen molar-refractivity contribution >= 4 is 33.4 Å². The van der Waals surface area contributed by atoms with E-state index in [9.17, 15) is 4.79 Å². The zero-order chi connectivity index (χ0) is 18.6. The van der Waals surface area contributed by atoms with Gasteiger partial charge in [-0.1, -0.05) is 76.6 Å². The van der Waals surface area contributed by atoms with Crippen molar-refractivity contribution < 1.29 is 4.79 Å². The lowest BCUT2D eigenvalue weighted by Gasteiger charge is -2.22. The molecule has 0 bridgehead atoms. The first-order chi connectivity index (χ1) is 13.2. The minimum atomic E-state index is -0.236. The molecule has 1 heterocycles. The minimum absolute atomic E-state index is 0.142. The Morgan fingerprint density at radius 1 is 0.926 bits per heavy atom. The number of nitrogens with zero attached hydrogens (tertiary/aromatic N) is 2. The fourth-order valence-electron chi connectivity index (χ4n) is 3.15. The average molecular weight is 420 g/mol. The highest BCUT2D eigenvalue weighted by Gasteiger charge is 2.33. The first-order valence-corrected chi connectivity index (χ1v) is 9.53. The van der Waals surface area contributed by atoms with Gasteiger partial charge in [0.1, 0.15) is 0 Å². The summed E-state index contributed by atoms with van der Waals surface area (Å²) in [6.07, 6.45) is 0.674. The van der Waals surface area contributed by atoms with Gasteiger partial charge < -0.3 is 5.32 Å². The van der Waals surface area contributed by atoms with Gasteiger partial charge in [-0.05, 0) is 35.4 Å². The number of anilines is 1. The van der Waals surface area contributed by atoms with E-state index < -0.39 is 0 Å². The van der Waals surface area contributed by atoms with Gasteiger partial charge in [0.25, 0.3) is 0 Å². The van der Waals surface area contributed by atoms with Crippen LogP contribution in [0, 0.1) is 0 Å². The number of rotatable bonds is 3. The molecular weight excluding hydrogens is 402 g/mol. The van der Waals surface area contributed by atoms with Crippen LogP contribution in [0.4, 0.5) is 10.5 Å². The normalized spacial score (nSPS) is 16.1. The molecule has 1 N–H and O–H groups in total. The molecule has 1 unspecified atom stereocenters. The number of hydrazone groups is 1. The van der Waals surface area contributed by atoms with Gasteiger partial charge in [-0.25, -0.2) is 9.80 Å². The highest BCUT2D eigenvalue weighted by Crippen LogP contribution is 2.33. The number of halogens is 1. The monoisotopic (exact) mass is 419 g/mol. The first-order valence-electron chi connectivity index (χ1n) is 8.74. The Morgan fingerprint density at radius 3 is 2.22 bits per heavy atom. The van der Waals surface area contributed by atoms with Crippen molar-refractivity contribution in [2.45, 2.75) is 12.5 Å². The Labute approximate surface area is 166 Å². The average Bonchev–Trinajstić information content (AvgIpc) is 3.16. The number of amides is 2. The fourth-order valence-corrected chi connectivity index (χ4v) is 3.41. The summed E-state index contributed by atoms with van der Waals surface area (Å²) < 4.78 is 1.01. The standard InChI is InChI=1S/C22H18BrN3O/c23-18-13-11-17(12-14-18)21-15-20(16-7-3-1-4-8-16)25-26(21)22(27)24-19-9-5-2-6-10-19/h1-14,21H,15H2,(H,24,27). The number of carbonyl (C=O) groups is 1. The topological polar surface area (TPSA) is 44.7 Å². The lowest BCUT2D eigenvalue weighted by Crippen LogP contribution is -2.31. The lowest BCUT2D eigenvalue weighted by atomic mass is 9.99. The first kappa shape index (κ1) is 17.5. The molecule has 4 nitrogen and oxygen atoms in total. The Kier molecular flexibility index (Phi) is 5.03. The molecule has 0 saturated carbocycles. The summed E-state index contributed by atoms with van der Waals surface area (Å²) in [7, 11) is 0. The fraction of sp³-hybridized carbons (Fsp3) is 0.0909. The molecule has 1 atom stereocenters. The molecule has 1 aliphatic rings. The van der Waals surface area contributed by atoms with Crippen LogP contribution in [0.25, 0.3) is 0 Å². The molecule has 0 fully saturated rings. The van der Waals surface area contributed by atoms with E-state index in [1.807, 2.05) is 84.9 Å². The molecule has 3 aromatic carbocycles. The predicted octanol–water partition coefficient (Wildman–Crippen LogP) is 5.83. The summed E-state index contributed by atoms with van der Waals surface area (Å²) in [5, 5.41) is 9.15. The molecule has 0 aromatic heterocycles. The van der Waals surface area contributed by atoms with E-state index in [1.54, 1.807) is 5.01 Å². The minimum Gasteiger partial charge on any atom is -0.306 e. The largest absolute Gasteiger partial charge is 0.342 e. The van der Waals surface area contributed by atoms with Crippen molar-refractivity contribution in [1.82, 2.24) is 5.01 Å². The SMILES string of the molecule is O=C(Nc1ccccc1)N1N=C(c2ccccc2)CC1c1ccc(Br)cc1. The predicted molar refractivity (Wildman–Crippen MR) is 112 cm³/mol. The second-order valence-electron chi connectivity index (χ2n) is 6.32. The van der Waals surface area contributed by atoms with E-state index >= 15 is 0 Å². The van der Waals surface area contributed by atoms with Crippen LogP contribution in [0.15, 0.2) is 94.5 Å². The Hall–Kier alpha value is -2.92. The van der Waals surface area contributed by atoms with Gasteiger partial charge in [-0.2, -0.15) is 5.10 Å². The molecule has 27 heavy (non-hydrogen) atoms. The van der Waals surface area contributed by atoms with Gasteiger partial charge in [0.15, 0.2) is 0 Å². The molecule has 134 valence electrons. The summed E-state index contributed by atoms with van der Waals surface area (Å²) >= 11 is 3.47. The number of para-hydroxylation sites is 1. The van der Waals surface area contributed by atoms with Crippen LogP contribution >= 0.6 is 15.9 Å². The Bertz CT molecular complexity index is 956. The Morgan fingerprint density at radius 2 is 1.56 bits per heavy atom. The number of urea groups is 1. The molecule has 4 rings (SSSR count). The van der Waals surface area contributed by atoms with Crippen molar-refractivity contribution in [1.29, 1.82) is 0 Å². The summed E-state index contributed by atoms with van der Waals surface area (Å²) in [6, 6.07) is 27.1. The van der Waals surface area contributed by atoms with Gasteiger partial charge in [0.05, 0.1) is 11.8 Å². The highest BCUT2D eigenvalue weighted by molar-refractivity contribution is 9.10. The van der Waals surface area contributed by atoms with Crippen molar-refractivity contribution in [2.24, 2.45) is 5.10 Å². The second kappa shape index (κ2) is 7.76. The number of hydrogen-bond acceptors (Lipinski definition) is 2. The van der Waals surface area contributed by atoms with E-state index in [-0.39, 0.29) is 12.1 Å². The zero-order valence-electron chi connectivity index (χ0n) is 14.5. The van der Waals surface area contributed by atoms with Gasteiger partial charge in [-0.15, -0.1) is 0 Å². The van der Waals surface area contributed by atoms with Crippen LogP contribution in [-0.2, 0) is 0 Å². The summed E-state index contributed by atoms with van der Waals surface area (Å²) in [6.45, 7) is 0. The van der Waals surface area contributed by atoms with E-state index in [0.717, 1.165) is 27.0 Å². The molecule has 3 aromatic rings. The van der Waals surface area contributed by atoms with Crippen LogP contribution in [0.3, 0.4) is 0 Å². The molecule has 2 amide bonds. The maximum absolute atomic E-state index is 12.9. The van der Waals surface area contributed by atoms with E-state index in [4.69, 9.17) is 0 Å². The van der Waals surface area contributed by atoms with Crippen molar-refractivity contribution in [3.05, 3.63) is 101 Å². The summed E-state index contributed by atoms with van der Waals surface area (Å²) in [5.41, 5.74) is 3.75. The van der Waals surface area contributed by atoms with Crippen molar-refractivity contribution in [2.75, 3.05) is 5.32 Å². The smallest absolute Gasteiger partial charge is 0.306 e. The molecule has 1 aliphatic heterocycles. The maximum atomic E-state index is 12.9.